The van der Waals surface area contributed by atoms with Crippen molar-refractivity contribution in [2.24, 2.45) is 0 Å². The summed E-state index contributed by atoms with van der Waals surface area (Å²) in [5.41, 5.74) is 0.866. The number of aromatic amines is 1. The Hall–Kier alpha value is -1.58. The Balaban J connectivity index is 1.96. The predicted octanol–water partition coefficient (Wildman–Crippen LogP) is 1.92. The van der Waals surface area contributed by atoms with Crippen LogP contribution in [0.4, 0.5) is 0 Å². The summed E-state index contributed by atoms with van der Waals surface area (Å²) in [6.45, 7) is 4.34. The first kappa shape index (κ1) is 12.9. The number of ketones is 1. The fraction of sp³-hybridized carbons (Fsp3) is 0.571. The van der Waals surface area contributed by atoms with Crippen molar-refractivity contribution >= 4 is 11.7 Å². The van der Waals surface area contributed by atoms with Crippen LogP contribution in [0, 0.1) is 0 Å². The second kappa shape index (κ2) is 4.96. The highest BCUT2D eigenvalue weighted by Gasteiger charge is 2.35. The van der Waals surface area contributed by atoms with Crippen LogP contribution in [0.3, 0.4) is 0 Å². The predicted molar refractivity (Wildman–Crippen MR) is 69.1 cm³/mol. The van der Waals surface area contributed by atoms with Gasteiger partial charge in [0.25, 0.3) is 0 Å². The smallest absolute Gasteiger partial charge is 0.223 e. The van der Waals surface area contributed by atoms with Gasteiger partial charge in [-0.25, -0.2) is 0 Å². The van der Waals surface area contributed by atoms with E-state index in [0.717, 1.165) is 12.1 Å². The minimum absolute atomic E-state index is 0.0719. The van der Waals surface area contributed by atoms with Gasteiger partial charge >= 0.3 is 0 Å². The molecule has 2 rings (SSSR count). The molecule has 1 aromatic heterocycles. The van der Waals surface area contributed by atoms with E-state index in [1.165, 1.54) is 0 Å². The number of piperidine rings is 1. The van der Waals surface area contributed by atoms with E-state index < -0.39 is 0 Å². The van der Waals surface area contributed by atoms with E-state index in [9.17, 15) is 9.59 Å². The van der Waals surface area contributed by atoms with Gasteiger partial charge in [0, 0.05) is 30.3 Å². The highest BCUT2D eigenvalue weighted by atomic mass is 16.2. The number of nitrogens with one attached hydrogen (secondary N) is 1. The van der Waals surface area contributed by atoms with Crippen LogP contribution >= 0.6 is 0 Å². The third-order valence-corrected chi connectivity index (χ3v) is 3.65. The standard InChI is InChI=1S/C14H20N2O2/c1-14(2)8-7-12(17)10-16(14)13(18)6-5-11-4-3-9-15-11/h3-4,9,15H,5-8,10H2,1-2H3. The van der Waals surface area contributed by atoms with Gasteiger partial charge in [-0.1, -0.05) is 0 Å². The number of aromatic nitrogens is 1. The molecule has 1 aliphatic rings. The van der Waals surface area contributed by atoms with E-state index in [2.05, 4.69) is 4.98 Å². The topological polar surface area (TPSA) is 53.2 Å². The molecule has 0 aliphatic carbocycles. The van der Waals surface area contributed by atoms with Crippen molar-refractivity contribution in [3.8, 4) is 0 Å². The van der Waals surface area contributed by atoms with Crippen molar-refractivity contribution in [2.45, 2.75) is 45.1 Å². The lowest BCUT2D eigenvalue weighted by Gasteiger charge is -2.41. The zero-order valence-corrected chi connectivity index (χ0v) is 11.0. The van der Waals surface area contributed by atoms with Crippen molar-refractivity contribution in [3.05, 3.63) is 24.0 Å². The van der Waals surface area contributed by atoms with Crippen molar-refractivity contribution in [1.29, 1.82) is 0 Å². The summed E-state index contributed by atoms with van der Waals surface area (Å²) in [7, 11) is 0. The van der Waals surface area contributed by atoms with Gasteiger partial charge in [-0.3, -0.25) is 9.59 Å². The van der Waals surface area contributed by atoms with Crippen LogP contribution < -0.4 is 0 Å². The van der Waals surface area contributed by atoms with Crippen LogP contribution in [-0.2, 0) is 16.0 Å². The number of Topliss-reactive ketones (excluding diaryl/α,β-unsaturated/α-hetero) is 1. The van der Waals surface area contributed by atoms with E-state index in [1.807, 2.05) is 32.2 Å². The molecule has 4 heteroatoms. The summed E-state index contributed by atoms with van der Waals surface area (Å²) in [5.74, 6) is 0.241. The first-order chi connectivity index (χ1) is 8.49. The molecule has 0 bridgehead atoms. The van der Waals surface area contributed by atoms with Gasteiger partial charge in [0.15, 0.2) is 5.78 Å². The van der Waals surface area contributed by atoms with Crippen LogP contribution in [0.5, 0.6) is 0 Å². The van der Waals surface area contributed by atoms with Gasteiger partial charge in [0.05, 0.1) is 6.54 Å². The molecule has 0 aromatic carbocycles. The van der Waals surface area contributed by atoms with E-state index in [1.54, 1.807) is 4.90 Å². The molecule has 0 atom stereocenters. The van der Waals surface area contributed by atoms with Crippen LogP contribution in [0.2, 0.25) is 0 Å². The van der Waals surface area contributed by atoms with Crippen LogP contribution in [-0.4, -0.2) is 33.7 Å². The lowest BCUT2D eigenvalue weighted by atomic mass is 9.89. The first-order valence-electron chi connectivity index (χ1n) is 6.43. The molecule has 2 heterocycles. The molecule has 1 aromatic rings. The highest BCUT2D eigenvalue weighted by molar-refractivity contribution is 5.88. The fourth-order valence-corrected chi connectivity index (χ4v) is 2.38. The number of carbonyl (C=O) groups is 2. The number of rotatable bonds is 3. The zero-order chi connectivity index (χ0) is 13.2. The number of hydrogen-bond acceptors (Lipinski definition) is 2. The van der Waals surface area contributed by atoms with Gasteiger partial charge in [0.2, 0.25) is 5.91 Å². The third-order valence-electron chi connectivity index (χ3n) is 3.65. The number of carbonyl (C=O) groups excluding carboxylic acids is 2. The molecule has 1 fully saturated rings. The lowest BCUT2D eigenvalue weighted by molar-refractivity contribution is -0.144. The summed E-state index contributed by atoms with van der Waals surface area (Å²) in [6.07, 6.45) is 4.37. The summed E-state index contributed by atoms with van der Waals surface area (Å²) in [4.78, 5) is 28.5. The zero-order valence-electron chi connectivity index (χ0n) is 11.0. The molecule has 18 heavy (non-hydrogen) atoms. The molecule has 0 unspecified atom stereocenters. The van der Waals surface area contributed by atoms with Gasteiger partial charge in [0.1, 0.15) is 0 Å². The van der Waals surface area contributed by atoms with Gasteiger partial charge in [-0.05, 0) is 38.8 Å². The van der Waals surface area contributed by atoms with E-state index in [-0.39, 0.29) is 23.8 Å². The highest BCUT2D eigenvalue weighted by Crippen LogP contribution is 2.26. The molecule has 98 valence electrons. The Morgan fingerprint density at radius 1 is 1.50 bits per heavy atom. The van der Waals surface area contributed by atoms with E-state index >= 15 is 0 Å². The number of likely N-dealkylation sites (tertiary alicyclic amines) is 1. The molecular weight excluding hydrogens is 228 g/mol. The molecule has 0 radical (unpaired) electrons. The van der Waals surface area contributed by atoms with E-state index in [4.69, 9.17) is 0 Å². The van der Waals surface area contributed by atoms with Gasteiger partial charge in [-0.2, -0.15) is 0 Å². The molecular formula is C14H20N2O2. The van der Waals surface area contributed by atoms with Crippen LogP contribution in [0.25, 0.3) is 0 Å². The molecule has 4 nitrogen and oxygen atoms in total. The summed E-state index contributed by atoms with van der Waals surface area (Å²) < 4.78 is 0. The normalized spacial score (nSPS) is 19.0. The Labute approximate surface area is 107 Å². The van der Waals surface area contributed by atoms with Gasteiger partial charge in [-0.15, -0.1) is 0 Å². The lowest BCUT2D eigenvalue weighted by Crippen LogP contribution is -2.53. The van der Waals surface area contributed by atoms with Crippen molar-refractivity contribution in [1.82, 2.24) is 9.88 Å². The Morgan fingerprint density at radius 2 is 2.28 bits per heavy atom. The van der Waals surface area contributed by atoms with Crippen LogP contribution in [0.1, 0.15) is 38.8 Å². The molecule has 1 N–H and O–H groups in total. The maximum Gasteiger partial charge on any atom is 0.223 e. The monoisotopic (exact) mass is 248 g/mol. The summed E-state index contributed by atoms with van der Waals surface area (Å²) in [6, 6.07) is 3.90. The van der Waals surface area contributed by atoms with Gasteiger partial charge < -0.3 is 9.88 Å². The van der Waals surface area contributed by atoms with Crippen molar-refractivity contribution in [2.75, 3.05) is 6.54 Å². The fourth-order valence-electron chi connectivity index (χ4n) is 2.38. The SMILES string of the molecule is CC1(C)CCC(=O)CN1C(=O)CCc1ccc[nH]1. The molecule has 1 saturated heterocycles. The average molecular weight is 248 g/mol. The number of aryl methyl sites for hydroxylation is 1. The minimum Gasteiger partial charge on any atom is -0.365 e. The summed E-state index contributed by atoms with van der Waals surface area (Å²) in [5, 5.41) is 0. The van der Waals surface area contributed by atoms with Crippen LogP contribution in [0.15, 0.2) is 18.3 Å². The molecule has 0 spiro atoms. The maximum atomic E-state index is 12.2. The van der Waals surface area contributed by atoms with E-state index in [0.29, 0.717) is 19.3 Å². The third kappa shape index (κ3) is 2.81. The van der Waals surface area contributed by atoms with Crippen molar-refractivity contribution in [3.63, 3.8) is 0 Å². The minimum atomic E-state index is -0.194. The summed E-state index contributed by atoms with van der Waals surface area (Å²) >= 11 is 0. The second-order valence-corrected chi connectivity index (χ2v) is 5.53. The Morgan fingerprint density at radius 3 is 2.94 bits per heavy atom. The number of H-pyrrole nitrogens is 1. The number of hydrogen-bond donors (Lipinski definition) is 1. The number of nitrogens with zero attached hydrogens (tertiary/aromatic N) is 1. The molecule has 1 aliphatic heterocycles. The Kier molecular flexibility index (Phi) is 3.55. The van der Waals surface area contributed by atoms with Crippen molar-refractivity contribution < 1.29 is 9.59 Å². The number of amides is 1. The quantitative estimate of drug-likeness (QED) is 0.888. The first-order valence-corrected chi connectivity index (χ1v) is 6.43. The average Bonchev–Trinajstić information content (AvgIpc) is 2.82. The maximum absolute atomic E-state index is 12.2. The second-order valence-electron chi connectivity index (χ2n) is 5.53. The molecule has 1 amide bonds. The molecule has 0 saturated carbocycles. The Bertz CT molecular complexity index is 435. The largest absolute Gasteiger partial charge is 0.365 e.